The fourth-order valence-corrected chi connectivity index (χ4v) is 1.46. The molecule has 0 spiro atoms. The number of aromatic nitrogens is 1. The summed E-state index contributed by atoms with van der Waals surface area (Å²) >= 11 is 0. The zero-order valence-corrected chi connectivity index (χ0v) is 8.01. The lowest BCUT2D eigenvalue weighted by molar-refractivity contribution is -0.132. The van der Waals surface area contributed by atoms with E-state index in [0.717, 1.165) is 13.0 Å². The van der Waals surface area contributed by atoms with Crippen LogP contribution in [0.2, 0.25) is 0 Å². The number of carbonyl (C=O) groups is 1. The predicted molar refractivity (Wildman–Crippen MR) is 50.9 cm³/mol. The molecule has 2 heterocycles. The van der Waals surface area contributed by atoms with Gasteiger partial charge in [0, 0.05) is 32.3 Å². The van der Waals surface area contributed by atoms with E-state index in [0.29, 0.717) is 5.88 Å². The van der Waals surface area contributed by atoms with Crippen molar-refractivity contribution in [2.45, 2.75) is 12.5 Å². The van der Waals surface area contributed by atoms with Crippen molar-refractivity contribution in [1.82, 2.24) is 9.88 Å². The summed E-state index contributed by atoms with van der Waals surface area (Å²) in [6.07, 6.45) is 2.04. The Morgan fingerprint density at radius 1 is 1.57 bits per heavy atom. The van der Waals surface area contributed by atoms with E-state index in [9.17, 15) is 4.79 Å². The SMILES string of the molecule is CN1CCC(Oc2ccccn2)C1=O. The number of pyridine rings is 1. The van der Waals surface area contributed by atoms with Gasteiger partial charge < -0.3 is 9.64 Å². The van der Waals surface area contributed by atoms with Gasteiger partial charge in [-0.05, 0) is 6.07 Å². The number of nitrogens with zero attached hydrogens (tertiary/aromatic N) is 2. The summed E-state index contributed by atoms with van der Waals surface area (Å²) in [5, 5.41) is 0. The molecule has 4 heteroatoms. The smallest absolute Gasteiger partial charge is 0.263 e. The molecule has 4 nitrogen and oxygen atoms in total. The Hall–Kier alpha value is -1.58. The van der Waals surface area contributed by atoms with Gasteiger partial charge in [-0.1, -0.05) is 6.07 Å². The lowest BCUT2D eigenvalue weighted by Crippen LogP contribution is -2.29. The number of ether oxygens (including phenoxy) is 1. The van der Waals surface area contributed by atoms with E-state index in [-0.39, 0.29) is 12.0 Å². The van der Waals surface area contributed by atoms with Crippen LogP contribution >= 0.6 is 0 Å². The Kier molecular flexibility index (Phi) is 2.35. The van der Waals surface area contributed by atoms with Crippen molar-refractivity contribution in [3.8, 4) is 5.88 Å². The topological polar surface area (TPSA) is 42.4 Å². The molecule has 0 radical (unpaired) electrons. The first-order chi connectivity index (χ1) is 6.77. The van der Waals surface area contributed by atoms with E-state index in [2.05, 4.69) is 4.98 Å². The molecule has 1 aromatic rings. The minimum atomic E-state index is -0.352. The molecule has 0 aliphatic carbocycles. The molecule has 1 aliphatic rings. The van der Waals surface area contributed by atoms with Crippen LogP contribution in [0.4, 0.5) is 0 Å². The largest absolute Gasteiger partial charge is 0.464 e. The highest BCUT2D eigenvalue weighted by atomic mass is 16.5. The van der Waals surface area contributed by atoms with Crippen LogP contribution in [0.15, 0.2) is 24.4 Å². The molecule has 1 aromatic heterocycles. The fraction of sp³-hybridized carbons (Fsp3) is 0.400. The molecule has 74 valence electrons. The fourth-order valence-electron chi connectivity index (χ4n) is 1.46. The van der Waals surface area contributed by atoms with Gasteiger partial charge in [-0.15, -0.1) is 0 Å². The van der Waals surface area contributed by atoms with Crippen LogP contribution in [0.3, 0.4) is 0 Å². The van der Waals surface area contributed by atoms with E-state index in [1.54, 1.807) is 24.2 Å². The normalized spacial score (nSPS) is 21.4. The first kappa shape index (κ1) is 8.99. The molecule has 1 fully saturated rings. The number of likely N-dealkylation sites (N-methyl/N-ethyl adjacent to an activating group) is 1. The van der Waals surface area contributed by atoms with Gasteiger partial charge in [-0.25, -0.2) is 4.98 Å². The standard InChI is InChI=1S/C10H12N2O2/c1-12-7-5-8(10(12)13)14-9-4-2-3-6-11-9/h2-4,6,8H,5,7H2,1H3. The minimum absolute atomic E-state index is 0.0376. The third kappa shape index (κ3) is 1.69. The summed E-state index contributed by atoms with van der Waals surface area (Å²) in [5.41, 5.74) is 0. The van der Waals surface area contributed by atoms with Gasteiger partial charge in [0.25, 0.3) is 5.91 Å². The molecule has 0 N–H and O–H groups in total. The van der Waals surface area contributed by atoms with Crippen molar-refractivity contribution in [2.75, 3.05) is 13.6 Å². The maximum absolute atomic E-state index is 11.5. The summed E-state index contributed by atoms with van der Waals surface area (Å²) < 4.78 is 5.46. The van der Waals surface area contributed by atoms with Crippen molar-refractivity contribution in [2.24, 2.45) is 0 Å². The van der Waals surface area contributed by atoms with Crippen LogP contribution in [0, 0.1) is 0 Å². The van der Waals surface area contributed by atoms with Crippen molar-refractivity contribution < 1.29 is 9.53 Å². The van der Waals surface area contributed by atoms with Crippen molar-refractivity contribution in [3.63, 3.8) is 0 Å². The van der Waals surface area contributed by atoms with Crippen LogP contribution in [0.5, 0.6) is 5.88 Å². The van der Waals surface area contributed by atoms with Crippen LogP contribution in [-0.4, -0.2) is 35.5 Å². The average Bonchev–Trinajstić information content (AvgIpc) is 2.52. The van der Waals surface area contributed by atoms with E-state index in [4.69, 9.17) is 4.74 Å². The molecule has 1 atom stereocenters. The second-order valence-corrected chi connectivity index (χ2v) is 3.32. The van der Waals surface area contributed by atoms with Gasteiger partial charge >= 0.3 is 0 Å². The van der Waals surface area contributed by atoms with E-state index in [1.165, 1.54) is 0 Å². The minimum Gasteiger partial charge on any atom is -0.464 e. The van der Waals surface area contributed by atoms with Crippen molar-refractivity contribution >= 4 is 5.91 Å². The Balaban J connectivity index is 2.02. The highest BCUT2D eigenvalue weighted by molar-refractivity contribution is 5.82. The summed E-state index contributed by atoms with van der Waals surface area (Å²) in [7, 11) is 1.78. The first-order valence-electron chi connectivity index (χ1n) is 4.60. The predicted octanol–water partition coefficient (Wildman–Crippen LogP) is 0.691. The Bertz CT molecular complexity index is 326. The molecule has 1 aliphatic heterocycles. The third-order valence-electron chi connectivity index (χ3n) is 2.28. The molecule has 2 rings (SSSR count). The van der Waals surface area contributed by atoms with Gasteiger partial charge in [-0.3, -0.25) is 4.79 Å². The van der Waals surface area contributed by atoms with Crippen molar-refractivity contribution in [3.05, 3.63) is 24.4 Å². The lowest BCUT2D eigenvalue weighted by atomic mass is 10.3. The van der Waals surface area contributed by atoms with Gasteiger partial charge in [0.1, 0.15) is 0 Å². The molecule has 14 heavy (non-hydrogen) atoms. The molecular weight excluding hydrogens is 180 g/mol. The van der Waals surface area contributed by atoms with Crippen LogP contribution in [0.25, 0.3) is 0 Å². The Labute approximate surface area is 82.5 Å². The van der Waals surface area contributed by atoms with E-state index >= 15 is 0 Å². The molecule has 1 amide bonds. The van der Waals surface area contributed by atoms with E-state index in [1.807, 2.05) is 12.1 Å². The van der Waals surface area contributed by atoms with Crippen LogP contribution in [0.1, 0.15) is 6.42 Å². The lowest BCUT2D eigenvalue weighted by Gasteiger charge is -2.11. The number of rotatable bonds is 2. The molecule has 0 saturated carbocycles. The van der Waals surface area contributed by atoms with Gasteiger partial charge in [0.05, 0.1) is 0 Å². The summed E-state index contributed by atoms with van der Waals surface area (Å²) in [6, 6.07) is 5.41. The summed E-state index contributed by atoms with van der Waals surface area (Å²) in [5.74, 6) is 0.553. The molecule has 1 unspecified atom stereocenters. The van der Waals surface area contributed by atoms with Crippen LogP contribution < -0.4 is 4.74 Å². The van der Waals surface area contributed by atoms with Gasteiger partial charge in [-0.2, -0.15) is 0 Å². The highest BCUT2D eigenvalue weighted by Crippen LogP contribution is 2.15. The summed E-state index contributed by atoms with van der Waals surface area (Å²) in [6.45, 7) is 0.760. The molecule has 0 bridgehead atoms. The molecule has 0 aromatic carbocycles. The van der Waals surface area contributed by atoms with Gasteiger partial charge in [0.2, 0.25) is 5.88 Å². The Morgan fingerprint density at radius 3 is 3.00 bits per heavy atom. The second-order valence-electron chi connectivity index (χ2n) is 3.32. The zero-order chi connectivity index (χ0) is 9.97. The number of carbonyl (C=O) groups excluding carboxylic acids is 1. The molecule has 1 saturated heterocycles. The first-order valence-corrected chi connectivity index (χ1v) is 4.60. The monoisotopic (exact) mass is 192 g/mol. The van der Waals surface area contributed by atoms with Crippen molar-refractivity contribution in [1.29, 1.82) is 0 Å². The number of amides is 1. The highest BCUT2D eigenvalue weighted by Gasteiger charge is 2.30. The van der Waals surface area contributed by atoms with Crippen LogP contribution in [-0.2, 0) is 4.79 Å². The maximum atomic E-state index is 11.5. The maximum Gasteiger partial charge on any atom is 0.263 e. The zero-order valence-electron chi connectivity index (χ0n) is 8.01. The second kappa shape index (κ2) is 3.65. The summed E-state index contributed by atoms with van der Waals surface area (Å²) in [4.78, 5) is 17.2. The van der Waals surface area contributed by atoms with Gasteiger partial charge in [0.15, 0.2) is 6.10 Å². The number of hydrogen-bond donors (Lipinski definition) is 0. The van der Waals surface area contributed by atoms with E-state index < -0.39 is 0 Å². The number of likely N-dealkylation sites (tertiary alicyclic amines) is 1. The Morgan fingerprint density at radius 2 is 2.43 bits per heavy atom. The molecular formula is C10H12N2O2. The number of hydrogen-bond acceptors (Lipinski definition) is 3. The average molecular weight is 192 g/mol. The third-order valence-corrected chi connectivity index (χ3v) is 2.28. The quantitative estimate of drug-likeness (QED) is 0.692.